The van der Waals surface area contributed by atoms with Crippen LogP contribution in [0.4, 0.5) is 18.9 Å². The molecule has 0 unspecified atom stereocenters. The van der Waals surface area contributed by atoms with Crippen molar-refractivity contribution in [2.75, 3.05) is 18.0 Å². The number of anilines is 1. The molecule has 3 rings (SSSR count). The second-order valence-electron chi connectivity index (χ2n) is 5.91. The highest BCUT2D eigenvalue weighted by Gasteiger charge is 2.29. The van der Waals surface area contributed by atoms with E-state index in [1.165, 1.54) is 50.2 Å². The molecule has 0 radical (unpaired) electrons. The maximum Gasteiger partial charge on any atom is 0.416 e. The molecule has 27 heavy (non-hydrogen) atoms. The van der Waals surface area contributed by atoms with Gasteiger partial charge < -0.3 is 10.0 Å². The van der Waals surface area contributed by atoms with E-state index < -0.39 is 17.7 Å². The number of rotatable bonds is 1. The first-order chi connectivity index (χ1) is 12.7. The van der Waals surface area contributed by atoms with Crippen molar-refractivity contribution in [3.63, 3.8) is 0 Å². The number of hydrogen-bond donors (Lipinski definition) is 1. The van der Waals surface area contributed by atoms with Crippen molar-refractivity contribution < 1.29 is 23.1 Å². The number of carbonyl (C=O) groups is 1. The van der Waals surface area contributed by atoms with Crippen molar-refractivity contribution in [3.05, 3.63) is 65.2 Å². The topological polar surface area (TPSA) is 40.5 Å². The van der Waals surface area contributed by atoms with Crippen molar-refractivity contribution in [3.8, 4) is 0 Å². The molecule has 2 aromatic rings. The van der Waals surface area contributed by atoms with Crippen molar-refractivity contribution in [1.82, 2.24) is 0 Å². The fourth-order valence-electron chi connectivity index (χ4n) is 2.43. The average molecular weight is 402 g/mol. The predicted molar refractivity (Wildman–Crippen MR) is 102 cm³/mol. The molecule has 0 atom stereocenters. The van der Waals surface area contributed by atoms with Crippen LogP contribution in [-0.4, -0.2) is 24.2 Å². The lowest BCUT2D eigenvalue weighted by atomic mass is 10.1. The zero-order valence-corrected chi connectivity index (χ0v) is 15.8. The van der Waals surface area contributed by atoms with Crippen LogP contribution in [-0.2, 0) is 11.0 Å². The fourth-order valence-corrected chi connectivity index (χ4v) is 2.56. The SMILES string of the molecule is CC(=O)O.Clc1ccc(N2CCCCC2)cc1.FC(F)(F)c1ccccc1. The maximum absolute atomic E-state index is 11.8. The summed E-state index contributed by atoms with van der Waals surface area (Å²) in [6.07, 6.45) is -0.184. The Morgan fingerprint density at radius 3 is 1.85 bits per heavy atom. The van der Waals surface area contributed by atoms with Gasteiger partial charge in [0.2, 0.25) is 0 Å². The van der Waals surface area contributed by atoms with Gasteiger partial charge in [-0.2, -0.15) is 13.2 Å². The lowest BCUT2D eigenvalue weighted by molar-refractivity contribution is -0.137. The molecule has 1 N–H and O–H groups in total. The lowest BCUT2D eigenvalue weighted by Crippen LogP contribution is -2.29. The number of benzene rings is 2. The van der Waals surface area contributed by atoms with Gasteiger partial charge in [0.1, 0.15) is 0 Å². The van der Waals surface area contributed by atoms with Gasteiger partial charge >= 0.3 is 6.18 Å². The molecular formula is C20H23ClF3NO2. The third kappa shape index (κ3) is 9.89. The number of alkyl halides is 3. The molecule has 1 aliphatic heterocycles. The Balaban J connectivity index is 0.000000232. The van der Waals surface area contributed by atoms with E-state index in [1.807, 2.05) is 12.1 Å². The maximum atomic E-state index is 11.8. The van der Waals surface area contributed by atoms with Gasteiger partial charge in [0.15, 0.2) is 0 Å². The Hall–Kier alpha value is -2.21. The van der Waals surface area contributed by atoms with Gasteiger partial charge in [-0.3, -0.25) is 4.79 Å². The number of aliphatic carboxylic acids is 1. The minimum atomic E-state index is -4.21. The lowest BCUT2D eigenvalue weighted by Gasteiger charge is -2.28. The van der Waals surface area contributed by atoms with Gasteiger partial charge in [-0.05, 0) is 43.5 Å². The van der Waals surface area contributed by atoms with E-state index >= 15 is 0 Å². The summed E-state index contributed by atoms with van der Waals surface area (Å²) in [6, 6.07) is 14.5. The molecule has 1 fully saturated rings. The standard InChI is InChI=1S/C11H14ClN.C7H5F3.C2H4O2/c12-10-4-6-11(7-5-10)13-8-2-1-3-9-13;8-7(9,10)6-4-2-1-3-5-6;1-2(3)4/h4-7H,1-3,8-9H2;1-5H;1H3,(H,3,4). The first-order valence-corrected chi connectivity index (χ1v) is 8.90. The summed E-state index contributed by atoms with van der Waals surface area (Å²) in [5, 5.41) is 8.24. The number of carboxylic acid groups (broad SMARTS) is 1. The van der Waals surface area contributed by atoms with Crippen LogP contribution in [0, 0.1) is 0 Å². The highest BCUT2D eigenvalue weighted by Crippen LogP contribution is 2.28. The molecule has 3 nitrogen and oxygen atoms in total. The molecule has 1 saturated heterocycles. The summed E-state index contributed by atoms with van der Waals surface area (Å²) in [4.78, 5) is 11.4. The van der Waals surface area contributed by atoms with Crippen LogP contribution in [0.15, 0.2) is 54.6 Å². The molecule has 7 heteroatoms. The van der Waals surface area contributed by atoms with E-state index in [0.717, 1.165) is 24.1 Å². The second kappa shape index (κ2) is 11.5. The van der Waals surface area contributed by atoms with E-state index in [0.29, 0.717) is 0 Å². The molecule has 1 heterocycles. The average Bonchev–Trinajstić information content (AvgIpc) is 2.63. The minimum Gasteiger partial charge on any atom is -0.481 e. The van der Waals surface area contributed by atoms with Gasteiger partial charge in [0.25, 0.3) is 5.97 Å². The number of piperidine rings is 1. The minimum absolute atomic E-state index is 0.602. The molecular weight excluding hydrogens is 379 g/mol. The van der Waals surface area contributed by atoms with Crippen molar-refractivity contribution in [2.24, 2.45) is 0 Å². The Kier molecular flexibility index (Phi) is 9.72. The summed E-state index contributed by atoms with van der Waals surface area (Å²) < 4.78 is 35.4. The number of carboxylic acids is 1. The van der Waals surface area contributed by atoms with Gasteiger partial charge in [-0.25, -0.2) is 0 Å². The molecule has 0 spiro atoms. The smallest absolute Gasteiger partial charge is 0.416 e. The molecule has 0 amide bonds. The van der Waals surface area contributed by atoms with Crippen LogP contribution in [0.3, 0.4) is 0 Å². The van der Waals surface area contributed by atoms with E-state index in [1.54, 1.807) is 6.07 Å². The van der Waals surface area contributed by atoms with E-state index in [2.05, 4.69) is 17.0 Å². The third-order valence-corrected chi connectivity index (χ3v) is 3.90. The molecule has 1 aliphatic rings. The highest BCUT2D eigenvalue weighted by atomic mass is 35.5. The monoisotopic (exact) mass is 401 g/mol. The van der Waals surface area contributed by atoms with Crippen LogP contribution in [0.1, 0.15) is 31.7 Å². The van der Waals surface area contributed by atoms with Crippen LogP contribution in [0.2, 0.25) is 5.02 Å². The summed E-state index contributed by atoms with van der Waals surface area (Å²) >= 11 is 5.83. The zero-order chi connectivity index (χ0) is 20.3. The molecule has 2 aromatic carbocycles. The predicted octanol–water partition coefficient (Wildman–Crippen LogP) is 6.13. The number of halogens is 4. The highest BCUT2D eigenvalue weighted by molar-refractivity contribution is 6.30. The largest absolute Gasteiger partial charge is 0.481 e. The Bertz CT molecular complexity index is 666. The Morgan fingerprint density at radius 1 is 0.963 bits per heavy atom. The quantitative estimate of drug-likeness (QED) is 0.625. The van der Waals surface area contributed by atoms with Crippen molar-refractivity contribution >= 4 is 23.3 Å². The summed E-state index contributed by atoms with van der Waals surface area (Å²) in [6.45, 7) is 3.48. The Morgan fingerprint density at radius 2 is 1.44 bits per heavy atom. The first kappa shape index (κ1) is 22.8. The van der Waals surface area contributed by atoms with Gasteiger partial charge in [0, 0.05) is 30.7 Å². The second-order valence-corrected chi connectivity index (χ2v) is 6.34. The number of nitrogens with zero attached hydrogens (tertiary/aromatic N) is 1. The van der Waals surface area contributed by atoms with Gasteiger partial charge in [-0.15, -0.1) is 0 Å². The summed E-state index contributed by atoms with van der Waals surface area (Å²) in [5.74, 6) is -0.833. The normalized spacial score (nSPS) is 13.6. The van der Waals surface area contributed by atoms with Crippen LogP contribution < -0.4 is 4.90 Å². The van der Waals surface area contributed by atoms with Gasteiger partial charge in [0.05, 0.1) is 5.56 Å². The first-order valence-electron chi connectivity index (χ1n) is 8.52. The Labute approximate surface area is 162 Å². The van der Waals surface area contributed by atoms with Gasteiger partial charge in [-0.1, -0.05) is 41.9 Å². The molecule has 0 saturated carbocycles. The van der Waals surface area contributed by atoms with Crippen LogP contribution >= 0.6 is 11.6 Å². The van der Waals surface area contributed by atoms with Crippen LogP contribution in [0.5, 0.6) is 0 Å². The van der Waals surface area contributed by atoms with Crippen LogP contribution in [0.25, 0.3) is 0 Å². The molecule has 0 aromatic heterocycles. The third-order valence-electron chi connectivity index (χ3n) is 3.65. The van der Waals surface area contributed by atoms with E-state index in [4.69, 9.17) is 21.5 Å². The molecule has 148 valence electrons. The molecule has 0 bridgehead atoms. The summed E-state index contributed by atoms with van der Waals surface area (Å²) in [5.41, 5.74) is 0.707. The van der Waals surface area contributed by atoms with E-state index in [9.17, 15) is 13.2 Å². The molecule has 0 aliphatic carbocycles. The summed E-state index contributed by atoms with van der Waals surface area (Å²) in [7, 11) is 0. The van der Waals surface area contributed by atoms with Crippen molar-refractivity contribution in [2.45, 2.75) is 32.4 Å². The number of hydrogen-bond acceptors (Lipinski definition) is 2. The van der Waals surface area contributed by atoms with E-state index in [-0.39, 0.29) is 0 Å². The zero-order valence-electron chi connectivity index (χ0n) is 15.0. The fraction of sp³-hybridized carbons (Fsp3) is 0.350. The van der Waals surface area contributed by atoms with Crippen molar-refractivity contribution in [1.29, 1.82) is 0 Å².